The molecule has 1 aromatic heterocycles. The van der Waals surface area contributed by atoms with E-state index in [-0.39, 0.29) is 5.91 Å². The number of aryl methyl sites for hydroxylation is 1. The van der Waals surface area contributed by atoms with Gasteiger partial charge >= 0.3 is 0 Å². The zero-order valence-electron chi connectivity index (χ0n) is 14.3. The van der Waals surface area contributed by atoms with Crippen molar-refractivity contribution in [2.75, 3.05) is 0 Å². The van der Waals surface area contributed by atoms with Crippen LogP contribution in [0.25, 0.3) is 21.7 Å². The number of para-hydroxylation sites is 1. The van der Waals surface area contributed by atoms with E-state index < -0.39 is 0 Å². The molecule has 1 heterocycles. The lowest BCUT2D eigenvalue weighted by molar-refractivity contribution is 0.0956. The normalized spacial score (nSPS) is 11.3. The Bertz CT molecular complexity index is 1140. The van der Waals surface area contributed by atoms with Crippen molar-refractivity contribution in [1.29, 1.82) is 0 Å². The lowest BCUT2D eigenvalue weighted by Crippen LogP contribution is -2.18. The number of hydrogen-bond acceptors (Lipinski definition) is 3. The van der Waals surface area contributed by atoms with Crippen molar-refractivity contribution in [3.63, 3.8) is 0 Å². The van der Waals surface area contributed by atoms with Crippen LogP contribution in [0.2, 0.25) is 0 Å². The van der Waals surface area contributed by atoms with Gasteiger partial charge in [-0.15, -0.1) is 0 Å². The highest BCUT2D eigenvalue weighted by Crippen LogP contribution is 2.19. The summed E-state index contributed by atoms with van der Waals surface area (Å²) in [5.41, 5.74) is 5.76. The van der Waals surface area contributed by atoms with Gasteiger partial charge in [-0.25, -0.2) is 5.43 Å². The van der Waals surface area contributed by atoms with Gasteiger partial charge in [0.2, 0.25) is 0 Å². The summed E-state index contributed by atoms with van der Waals surface area (Å²) in [5.74, 6) is -0.247. The van der Waals surface area contributed by atoms with Crippen molar-refractivity contribution in [3.05, 3.63) is 89.6 Å². The quantitative estimate of drug-likeness (QED) is 0.442. The summed E-state index contributed by atoms with van der Waals surface area (Å²) in [4.78, 5) is 17.1. The first kappa shape index (κ1) is 16.0. The lowest BCUT2D eigenvalue weighted by Gasteiger charge is -2.06. The molecule has 4 heteroatoms. The minimum absolute atomic E-state index is 0.247. The molecule has 0 unspecified atom stereocenters. The zero-order chi connectivity index (χ0) is 17.9. The average Bonchev–Trinajstić information content (AvgIpc) is 2.67. The number of rotatable bonds is 3. The predicted molar refractivity (Wildman–Crippen MR) is 105 cm³/mol. The molecule has 1 amide bonds. The molecule has 0 aliphatic heterocycles. The van der Waals surface area contributed by atoms with E-state index in [0.29, 0.717) is 5.56 Å². The molecule has 0 radical (unpaired) electrons. The summed E-state index contributed by atoms with van der Waals surface area (Å²) in [5, 5.41) is 7.21. The van der Waals surface area contributed by atoms with E-state index in [0.717, 1.165) is 32.9 Å². The van der Waals surface area contributed by atoms with Crippen LogP contribution in [-0.2, 0) is 0 Å². The fourth-order valence-electron chi connectivity index (χ4n) is 3.08. The molecule has 4 aromatic rings. The molecule has 0 spiro atoms. The number of amides is 1. The molecule has 26 heavy (non-hydrogen) atoms. The first-order valence-corrected chi connectivity index (χ1v) is 8.40. The Labute approximate surface area is 151 Å². The number of pyridine rings is 1. The fraction of sp³-hybridized carbons (Fsp3) is 0.0455. The fourth-order valence-corrected chi connectivity index (χ4v) is 3.08. The van der Waals surface area contributed by atoms with Gasteiger partial charge in [-0.05, 0) is 29.8 Å². The molecule has 0 saturated heterocycles. The van der Waals surface area contributed by atoms with Gasteiger partial charge in [0, 0.05) is 16.6 Å². The van der Waals surface area contributed by atoms with Gasteiger partial charge < -0.3 is 0 Å². The monoisotopic (exact) mass is 339 g/mol. The molecule has 0 atom stereocenters. The van der Waals surface area contributed by atoms with Crippen molar-refractivity contribution in [2.24, 2.45) is 5.10 Å². The largest absolute Gasteiger partial charge is 0.272 e. The third-order valence-electron chi connectivity index (χ3n) is 4.28. The van der Waals surface area contributed by atoms with Crippen LogP contribution in [0.1, 0.15) is 21.6 Å². The molecule has 3 aromatic carbocycles. The Hall–Kier alpha value is -3.53. The molecule has 0 saturated carbocycles. The summed E-state index contributed by atoms with van der Waals surface area (Å²) in [7, 11) is 0. The van der Waals surface area contributed by atoms with Gasteiger partial charge in [0.15, 0.2) is 0 Å². The molecular formula is C22H17N3O. The highest BCUT2D eigenvalue weighted by Gasteiger charge is 2.11. The Balaban J connectivity index is 1.62. The molecule has 0 aliphatic carbocycles. The first-order valence-electron chi connectivity index (χ1n) is 8.40. The number of carbonyl (C=O) groups excluding carboxylic acids is 1. The third-order valence-corrected chi connectivity index (χ3v) is 4.28. The van der Waals surface area contributed by atoms with Crippen molar-refractivity contribution >= 4 is 33.8 Å². The molecule has 1 N–H and O–H groups in total. The lowest BCUT2D eigenvalue weighted by atomic mass is 10.1. The van der Waals surface area contributed by atoms with Crippen molar-refractivity contribution in [2.45, 2.75) is 6.92 Å². The number of hydrogen-bond donors (Lipinski definition) is 1. The Morgan fingerprint density at radius 3 is 2.58 bits per heavy atom. The predicted octanol–water partition coefficient (Wildman–Crippen LogP) is 4.46. The summed E-state index contributed by atoms with van der Waals surface area (Å²) < 4.78 is 0. The summed E-state index contributed by atoms with van der Waals surface area (Å²) >= 11 is 0. The third kappa shape index (κ3) is 3.05. The summed E-state index contributed by atoms with van der Waals surface area (Å²) in [6.07, 6.45) is 1.68. The standard InChI is InChI=1S/C22H17N3O/c1-15-13-20(19-11-4-5-12-21(19)24-15)22(26)25-23-14-17-9-6-8-16-7-2-3-10-18(16)17/h2-14H,1H3,(H,25,26)/b23-14+. The Kier molecular flexibility index (Phi) is 4.15. The van der Waals surface area contributed by atoms with Gasteiger partial charge in [-0.1, -0.05) is 60.7 Å². The second-order valence-corrected chi connectivity index (χ2v) is 6.10. The van der Waals surface area contributed by atoms with E-state index in [1.807, 2.05) is 61.5 Å². The SMILES string of the molecule is Cc1cc(C(=O)N/N=C/c2cccc3ccccc23)c2ccccc2n1. The number of carbonyl (C=O) groups is 1. The molecule has 0 fully saturated rings. The average molecular weight is 339 g/mol. The van der Waals surface area contributed by atoms with Gasteiger partial charge in [0.25, 0.3) is 5.91 Å². The maximum absolute atomic E-state index is 12.6. The maximum atomic E-state index is 12.6. The van der Waals surface area contributed by atoms with Gasteiger partial charge in [-0.3, -0.25) is 9.78 Å². The Morgan fingerprint density at radius 1 is 0.962 bits per heavy atom. The van der Waals surface area contributed by atoms with Crippen LogP contribution in [0.4, 0.5) is 0 Å². The molecule has 4 nitrogen and oxygen atoms in total. The summed E-state index contributed by atoms with van der Waals surface area (Å²) in [6.45, 7) is 1.88. The topological polar surface area (TPSA) is 54.4 Å². The smallest absolute Gasteiger partial charge is 0.267 e. The van der Waals surface area contributed by atoms with Crippen LogP contribution in [0.15, 0.2) is 77.9 Å². The van der Waals surface area contributed by atoms with Gasteiger partial charge in [0.1, 0.15) is 0 Å². The highest BCUT2D eigenvalue weighted by atomic mass is 16.2. The zero-order valence-corrected chi connectivity index (χ0v) is 14.3. The molecular weight excluding hydrogens is 322 g/mol. The number of aromatic nitrogens is 1. The second-order valence-electron chi connectivity index (χ2n) is 6.10. The minimum Gasteiger partial charge on any atom is -0.267 e. The number of benzene rings is 3. The van der Waals surface area contributed by atoms with Crippen LogP contribution in [0.3, 0.4) is 0 Å². The van der Waals surface area contributed by atoms with E-state index >= 15 is 0 Å². The van der Waals surface area contributed by atoms with E-state index in [1.165, 1.54) is 0 Å². The van der Waals surface area contributed by atoms with Crippen LogP contribution in [0, 0.1) is 6.92 Å². The highest BCUT2D eigenvalue weighted by molar-refractivity contribution is 6.06. The van der Waals surface area contributed by atoms with Crippen molar-refractivity contribution < 1.29 is 4.79 Å². The van der Waals surface area contributed by atoms with Crippen LogP contribution in [0.5, 0.6) is 0 Å². The van der Waals surface area contributed by atoms with E-state index in [1.54, 1.807) is 12.3 Å². The van der Waals surface area contributed by atoms with E-state index in [2.05, 4.69) is 27.6 Å². The van der Waals surface area contributed by atoms with Crippen molar-refractivity contribution in [3.8, 4) is 0 Å². The van der Waals surface area contributed by atoms with Crippen LogP contribution >= 0.6 is 0 Å². The molecule has 4 rings (SSSR count). The maximum Gasteiger partial charge on any atom is 0.272 e. The number of hydrazone groups is 1. The Morgan fingerprint density at radius 2 is 1.69 bits per heavy atom. The number of fused-ring (bicyclic) bond motifs is 2. The van der Waals surface area contributed by atoms with Crippen LogP contribution in [-0.4, -0.2) is 17.1 Å². The molecule has 126 valence electrons. The number of nitrogens with zero attached hydrogens (tertiary/aromatic N) is 2. The van der Waals surface area contributed by atoms with Crippen molar-refractivity contribution in [1.82, 2.24) is 10.4 Å². The van der Waals surface area contributed by atoms with E-state index in [9.17, 15) is 4.79 Å². The molecule has 0 aliphatic rings. The second kappa shape index (κ2) is 6.76. The first-order chi connectivity index (χ1) is 12.7. The van der Waals surface area contributed by atoms with Gasteiger partial charge in [0.05, 0.1) is 17.3 Å². The van der Waals surface area contributed by atoms with E-state index in [4.69, 9.17) is 0 Å². The summed E-state index contributed by atoms with van der Waals surface area (Å²) in [6, 6.07) is 23.5. The minimum atomic E-state index is -0.247. The number of nitrogens with one attached hydrogen (secondary N) is 1. The van der Waals surface area contributed by atoms with Crippen LogP contribution < -0.4 is 5.43 Å². The molecule has 0 bridgehead atoms. The van der Waals surface area contributed by atoms with Gasteiger partial charge in [-0.2, -0.15) is 5.10 Å².